The Morgan fingerprint density at radius 1 is 1.16 bits per heavy atom. The highest BCUT2D eigenvalue weighted by Gasteiger charge is 2.23. The van der Waals surface area contributed by atoms with Gasteiger partial charge in [-0.05, 0) is 50.2 Å². The van der Waals surface area contributed by atoms with Crippen LogP contribution in [0.5, 0.6) is 0 Å². The summed E-state index contributed by atoms with van der Waals surface area (Å²) in [7, 11) is 0. The van der Waals surface area contributed by atoms with Crippen LogP contribution in [0.2, 0.25) is 0 Å². The molecule has 32 heavy (non-hydrogen) atoms. The molecule has 1 unspecified atom stereocenters. The first-order valence-electron chi connectivity index (χ1n) is 11.4. The van der Waals surface area contributed by atoms with Crippen LogP contribution in [0.15, 0.2) is 35.5 Å². The molecule has 0 radical (unpaired) electrons. The van der Waals surface area contributed by atoms with E-state index in [0.29, 0.717) is 23.4 Å². The van der Waals surface area contributed by atoms with Crippen molar-refractivity contribution < 1.29 is 4.79 Å². The SMILES string of the molecule is CCc1cccc(C)c1NC(=O)C(CC)n1cnc2nc(N3CCCCC3)ncc2c1=O. The molecule has 1 N–H and O–H groups in total. The van der Waals surface area contributed by atoms with Crippen LogP contribution in [-0.2, 0) is 11.2 Å². The number of rotatable bonds is 6. The Kier molecular flexibility index (Phi) is 6.48. The fourth-order valence-corrected chi connectivity index (χ4v) is 4.31. The Labute approximate surface area is 187 Å². The van der Waals surface area contributed by atoms with Gasteiger partial charge in [0.15, 0.2) is 5.65 Å². The van der Waals surface area contributed by atoms with E-state index in [-0.39, 0.29) is 11.5 Å². The van der Waals surface area contributed by atoms with Crippen LogP contribution in [0.3, 0.4) is 0 Å². The molecule has 8 nitrogen and oxygen atoms in total. The van der Waals surface area contributed by atoms with Crippen molar-refractivity contribution in [2.75, 3.05) is 23.3 Å². The molecule has 1 fully saturated rings. The van der Waals surface area contributed by atoms with Crippen molar-refractivity contribution in [3.8, 4) is 0 Å². The summed E-state index contributed by atoms with van der Waals surface area (Å²) in [6.07, 6.45) is 7.69. The smallest absolute Gasteiger partial charge is 0.265 e. The van der Waals surface area contributed by atoms with Crippen LogP contribution < -0.4 is 15.8 Å². The fourth-order valence-electron chi connectivity index (χ4n) is 4.31. The second kappa shape index (κ2) is 9.46. The van der Waals surface area contributed by atoms with Gasteiger partial charge < -0.3 is 10.2 Å². The number of piperidine rings is 1. The van der Waals surface area contributed by atoms with Gasteiger partial charge in [-0.3, -0.25) is 14.2 Å². The average Bonchev–Trinajstić information content (AvgIpc) is 2.82. The van der Waals surface area contributed by atoms with Gasteiger partial charge in [-0.25, -0.2) is 9.97 Å². The minimum Gasteiger partial charge on any atom is -0.341 e. The Morgan fingerprint density at radius 2 is 1.94 bits per heavy atom. The molecular weight excluding hydrogens is 404 g/mol. The maximum absolute atomic E-state index is 13.2. The normalized spacial score (nSPS) is 15.0. The van der Waals surface area contributed by atoms with Gasteiger partial charge in [0, 0.05) is 25.0 Å². The molecule has 2 aromatic heterocycles. The fraction of sp³-hybridized carbons (Fsp3) is 0.458. The number of amides is 1. The lowest BCUT2D eigenvalue weighted by molar-refractivity contribution is -0.119. The van der Waals surface area contributed by atoms with E-state index >= 15 is 0 Å². The first kappa shape index (κ1) is 21.9. The number of aryl methyl sites for hydroxylation is 2. The number of fused-ring (bicyclic) bond motifs is 1. The molecule has 4 rings (SSSR count). The molecule has 3 aromatic rings. The summed E-state index contributed by atoms with van der Waals surface area (Å²) in [5.41, 5.74) is 2.94. The molecule has 8 heteroatoms. The first-order chi connectivity index (χ1) is 15.5. The van der Waals surface area contributed by atoms with Crippen LogP contribution in [-0.4, -0.2) is 38.5 Å². The van der Waals surface area contributed by atoms with Crippen LogP contribution in [0, 0.1) is 6.92 Å². The van der Waals surface area contributed by atoms with Crippen molar-refractivity contribution >= 4 is 28.6 Å². The maximum Gasteiger partial charge on any atom is 0.265 e. The Bertz CT molecular complexity index is 1180. The van der Waals surface area contributed by atoms with Crippen LogP contribution in [0.4, 0.5) is 11.6 Å². The van der Waals surface area contributed by atoms with E-state index < -0.39 is 6.04 Å². The van der Waals surface area contributed by atoms with Crippen molar-refractivity contribution in [2.45, 2.75) is 58.9 Å². The number of carbonyl (C=O) groups is 1. The van der Waals surface area contributed by atoms with E-state index in [1.165, 1.54) is 17.3 Å². The highest BCUT2D eigenvalue weighted by atomic mass is 16.2. The minimum atomic E-state index is -0.675. The third-order valence-corrected chi connectivity index (χ3v) is 6.18. The van der Waals surface area contributed by atoms with Crippen molar-refractivity contribution in [2.24, 2.45) is 0 Å². The molecule has 0 bridgehead atoms. The Morgan fingerprint density at radius 3 is 2.66 bits per heavy atom. The topological polar surface area (TPSA) is 93.0 Å². The summed E-state index contributed by atoms with van der Waals surface area (Å²) < 4.78 is 1.39. The lowest BCUT2D eigenvalue weighted by Crippen LogP contribution is -2.34. The predicted octanol–water partition coefficient (Wildman–Crippen LogP) is 3.64. The molecule has 0 aliphatic carbocycles. The summed E-state index contributed by atoms with van der Waals surface area (Å²) in [6.45, 7) is 7.74. The number of nitrogens with one attached hydrogen (secondary N) is 1. The molecule has 3 heterocycles. The summed E-state index contributed by atoms with van der Waals surface area (Å²) in [5.74, 6) is 0.379. The standard InChI is InChI=1S/C24H30N6O2/c1-4-17-11-9-10-16(3)20(17)27-22(31)19(5-2)30-15-26-21-18(23(30)32)14-25-24(28-21)29-12-7-6-8-13-29/h9-11,14-15,19H,4-8,12-13H2,1-3H3,(H,27,31). The average molecular weight is 435 g/mol. The third kappa shape index (κ3) is 4.22. The number of hydrogen-bond donors (Lipinski definition) is 1. The Balaban J connectivity index is 1.64. The van der Waals surface area contributed by atoms with Crippen molar-refractivity contribution in [3.05, 3.63) is 52.2 Å². The number of nitrogens with zero attached hydrogens (tertiary/aromatic N) is 5. The van der Waals surface area contributed by atoms with Crippen LogP contribution in [0.25, 0.3) is 11.0 Å². The first-order valence-corrected chi connectivity index (χ1v) is 11.4. The van der Waals surface area contributed by atoms with E-state index in [1.807, 2.05) is 32.0 Å². The maximum atomic E-state index is 13.2. The highest BCUT2D eigenvalue weighted by Crippen LogP contribution is 2.23. The minimum absolute atomic E-state index is 0.231. The zero-order valence-corrected chi connectivity index (χ0v) is 19.0. The van der Waals surface area contributed by atoms with Gasteiger partial charge in [0.2, 0.25) is 11.9 Å². The van der Waals surface area contributed by atoms with E-state index in [2.05, 4.69) is 32.1 Å². The molecule has 1 aromatic carbocycles. The predicted molar refractivity (Wildman–Crippen MR) is 126 cm³/mol. The second-order valence-corrected chi connectivity index (χ2v) is 8.29. The molecule has 1 saturated heterocycles. The summed E-state index contributed by atoms with van der Waals surface area (Å²) in [4.78, 5) is 41.9. The third-order valence-electron chi connectivity index (χ3n) is 6.18. The number of carbonyl (C=O) groups excluding carboxylic acids is 1. The van der Waals surface area contributed by atoms with E-state index in [9.17, 15) is 9.59 Å². The zero-order valence-electron chi connectivity index (χ0n) is 19.0. The highest BCUT2D eigenvalue weighted by molar-refractivity contribution is 5.95. The van der Waals surface area contributed by atoms with Crippen LogP contribution >= 0.6 is 0 Å². The number of aromatic nitrogens is 4. The van der Waals surface area contributed by atoms with Gasteiger partial charge in [0.25, 0.3) is 5.56 Å². The second-order valence-electron chi connectivity index (χ2n) is 8.29. The Hall–Kier alpha value is -3.29. The van der Waals surface area contributed by atoms with Gasteiger partial charge in [-0.15, -0.1) is 0 Å². The number of hydrogen-bond acceptors (Lipinski definition) is 6. The molecule has 0 saturated carbocycles. The molecule has 168 valence electrons. The van der Waals surface area contributed by atoms with Gasteiger partial charge in [-0.1, -0.05) is 32.0 Å². The van der Waals surface area contributed by atoms with Crippen molar-refractivity contribution in [1.29, 1.82) is 0 Å². The number of benzene rings is 1. The molecular formula is C24H30N6O2. The van der Waals surface area contributed by atoms with Gasteiger partial charge >= 0.3 is 0 Å². The van der Waals surface area contributed by atoms with Gasteiger partial charge in [-0.2, -0.15) is 4.98 Å². The lowest BCUT2D eigenvalue weighted by Gasteiger charge is -2.26. The summed E-state index contributed by atoms with van der Waals surface area (Å²) in [6, 6.07) is 5.28. The van der Waals surface area contributed by atoms with Crippen molar-refractivity contribution in [1.82, 2.24) is 19.5 Å². The van der Waals surface area contributed by atoms with Gasteiger partial charge in [0.1, 0.15) is 17.8 Å². The van der Waals surface area contributed by atoms with E-state index in [1.54, 1.807) is 6.20 Å². The number of para-hydroxylation sites is 1. The molecule has 1 aliphatic heterocycles. The summed E-state index contributed by atoms with van der Waals surface area (Å²) in [5, 5.41) is 3.37. The molecule has 0 spiro atoms. The molecule has 1 amide bonds. The zero-order chi connectivity index (χ0) is 22.7. The van der Waals surface area contributed by atoms with E-state index in [4.69, 9.17) is 0 Å². The summed E-state index contributed by atoms with van der Waals surface area (Å²) >= 11 is 0. The quantitative estimate of drug-likeness (QED) is 0.637. The van der Waals surface area contributed by atoms with Gasteiger partial charge in [0.05, 0.1) is 0 Å². The van der Waals surface area contributed by atoms with Crippen LogP contribution in [0.1, 0.15) is 56.7 Å². The molecule has 1 aliphatic rings. The largest absolute Gasteiger partial charge is 0.341 e. The number of anilines is 2. The monoisotopic (exact) mass is 434 g/mol. The van der Waals surface area contributed by atoms with E-state index in [0.717, 1.165) is 49.2 Å². The lowest BCUT2D eigenvalue weighted by atomic mass is 10.1. The van der Waals surface area contributed by atoms with Crippen molar-refractivity contribution in [3.63, 3.8) is 0 Å². The molecule has 1 atom stereocenters.